The Kier molecular flexibility index (Phi) is 5.73. The molecule has 2 atom stereocenters. The van der Waals surface area contributed by atoms with Gasteiger partial charge in [0.1, 0.15) is 0 Å². The summed E-state index contributed by atoms with van der Waals surface area (Å²) in [6.45, 7) is 3.27. The maximum atomic E-state index is 11.8. The maximum Gasteiger partial charge on any atom is 0.234 e. The number of carbonyl (C=O) groups excluding carboxylic acids is 1. The first-order chi connectivity index (χ1) is 9.25. The van der Waals surface area contributed by atoms with Crippen molar-refractivity contribution in [3.63, 3.8) is 0 Å². The molecule has 19 heavy (non-hydrogen) atoms. The Balaban J connectivity index is 1.67. The molecule has 2 unspecified atom stereocenters. The second-order valence-electron chi connectivity index (χ2n) is 4.97. The van der Waals surface area contributed by atoms with Gasteiger partial charge in [-0.25, -0.2) is 0 Å². The number of carbonyl (C=O) groups is 1. The second kappa shape index (κ2) is 7.56. The van der Waals surface area contributed by atoms with E-state index in [4.69, 9.17) is 0 Å². The van der Waals surface area contributed by atoms with Gasteiger partial charge in [0, 0.05) is 17.8 Å². The second-order valence-corrected chi connectivity index (χ2v) is 6.45. The molecule has 4 heteroatoms. The van der Waals surface area contributed by atoms with E-state index in [9.17, 15) is 4.79 Å². The highest BCUT2D eigenvalue weighted by molar-refractivity contribution is 7.99. The minimum Gasteiger partial charge on any atom is -0.351 e. The fourth-order valence-corrected chi connectivity index (χ4v) is 3.44. The van der Waals surface area contributed by atoms with Gasteiger partial charge in [-0.15, -0.1) is 0 Å². The van der Waals surface area contributed by atoms with Crippen molar-refractivity contribution in [3.05, 3.63) is 35.9 Å². The largest absolute Gasteiger partial charge is 0.351 e. The first-order valence-electron chi connectivity index (χ1n) is 6.91. The van der Waals surface area contributed by atoms with Crippen LogP contribution in [0.1, 0.15) is 25.3 Å². The van der Waals surface area contributed by atoms with Crippen LogP contribution < -0.4 is 10.6 Å². The van der Waals surface area contributed by atoms with Gasteiger partial charge in [0.25, 0.3) is 0 Å². The van der Waals surface area contributed by atoms with Crippen LogP contribution in [0.2, 0.25) is 0 Å². The van der Waals surface area contributed by atoms with Crippen molar-refractivity contribution in [3.8, 4) is 0 Å². The molecule has 3 nitrogen and oxygen atoms in total. The zero-order chi connectivity index (χ0) is 13.5. The smallest absolute Gasteiger partial charge is 0.234 e. The van der Waals surface area contributed by atoms with Crippen LogP contribution in [0, 0.1) is 0 Å². The summed E-state index contributed by atoms with van der Waals surface area (Å²) in [7, 11) is 0. The number of nitrogens with one attached hydrogen (secondary N) is 2. The van der Waals surface area contributed by atoms with Gasteiger partial charge in [0.2, 0.25) is 5.91 Å². The molecule has 0 aromatic heterocycles. The van der Waals surface area contributed by atoms with Crippen molar-refractivity contribution >= 4 is 17.7 Å². The quantitative estimate of drug-likeness (QED) is 0.867. The van der Waals surface area contributed by atoms with E-state index in [0.717, 1.165) is 5.56 Å². The van der Waals surface area contributed by atoms with Crippen molar-refractivity contribution in [1.29, 1.82) is 0 Å². The summed E-state index contributed by atoms with van der Waals surface area (Å²) in [6.07, 6.45) is 2.43. The van der Waals surface area contributed by atoms with Crippen LogP contribution in [-0.4, -0.2) is 29.5 Å². The Morgan fingerprint density at radius 3 is 2.89 bits per heavy atom. The summed E-state index contributed by atoms with van der Waals surface area (Å²) in [5.41, 5.74) is 1.14. The Labute approximate surface area is 119 Å². The van der Waals surface area contributed by atoms with Crippen LogP contribution in [-0.2, 0) is 11.3 Å². The molecule has 1 aromatic carbocycles. The van der Waals surface area contributed by atoms with Crippen molar-refractivity contribution in [2.75, 3.05) is 12.3 Å². The predicted octanol–water partition coefficient (Wildman–Crippen LogP) is 2.18. The topological polar surface area (TPSA) is 41.1 Å². The first kappa shape index (κ1) is 14.4. The van der Waals surface area contributed by atoms with Gasteiger partial charge in [-0.05, 0) is 24.2 Å². The van der Waals surface area contributed by atoms with Crippen LogP contribution >= 0.6 is 11.8 Å². The fraction of sp³-hybridized carbons (Fsp3) is 0.533. The minimum atomic E-state index is 0.0756. The van der Waals surface area contributed by atoms with Gasteiger partial charge in [-0.2, -0.15) is 11.8 Å². The molecule has 0 aliphatic carbocycles. The molecule has 0 radical (unpaired) electrons. The molecule has 1 heterocycles. The molecular weight excluding hydrogens is 256 g/mol. The lowest BCUT2D eigenvalue weighted by molar-refractivity contribution is -0.120. The van der Waals surface area contributed by atoms with E-state index in [2.05, 4.69) is 17.6 Å². The molecule has 1 fully saturated rings. The van der Waals surface area contributed by atoms with Crippen LogP contribution in [0.25, 0.3) is 0 Å². The Hall–Kier alpha value is -1.00. The summed E-state index contributed by atoms with van der Waals surface area (Å²) in [5.74, 6) is 1.33. The van der Waals surface area contributed by atoms with Gasteiger partial charge in [0.15, 0.2) is 0 Å². The van der Waals surface area contributed by atoms with Crippen LogP contribution in [0.3, 0.4) is 0 Å². The van der Waals surface area contributed by atoms with E-state index in [1.54, 1.807) is 0 Å². The van der Waals surface area contributed by atoms with Gasteiger partial charge >= 0.3 is 0 Å². The third-order valence-electron chi connectivity index (χ3n) is 3.46. The molecule has 0 bridgehead atoms. The average Bonchev–Trinajstić information content (AvgIpc) is 2.45. The summed E-state index contributed by atoms with van der Waals surface area (Å²) < 4.78 is 0. The summed E-state index contributed by atoms with van der Waals surface area (Å²) in [6, 6.07) is 10.5. The molecule has 1 amide bonds. The molecule has 1 aromatic rings. The first-order valence-corrected chi connectivity index (χ1v) is 7.96. The fourth-order valence-electron chi connectivity index (χ4n) is 2.27. The average molecular weight is 278 g/mol. The van der Waals surface area contributed by atoms with Crippen molar-refractivity contribution in [1.82, 2.24) is 10.6 Å². The van der Waals surface area contributed by atoms with Crippen LogP contribution in [0.4, 0.5) is 0 Å². The zero-order valence-electron chi connectivity index (χ0n) is 11.4. The monoisotopic (exact) mass is 278 g/mol. The number of rotatable bonds is 5. The summed E-state index contributed by atoms with van der Waals surface area (Å²) in [5, 5.41) is 6.93. The van der Waals surface area contributed by atoms with E-state index < -0.39 is 0 Å². The molecule has 1 aliphatic rings. The van der Waals surface area contributed by atoms with Crippen LogP contribution in [0.15, 0.2) is 30.3 Å². The van der Waals surface area contributed by atoms with E-state index in [-0.39, 0.29) is 5.91 Å². The molecule has 2 rings (SSSR count). The Morgan fingerprint density at radius 2 is 2.16 bits per heavy atom. The summed E-state index contributed by atoms with van der Waals surface area (Å²) in [4.78, 5) is 11.8. The number of thioether (sulfide) groups is 1. The van der Waals surface area contributed by atoms with Crippen molar-refractivity contribution in [2.24, 2.45) is 0 Å². The van der Waals surface area contributed by atoms with E-state index in [1.807, 2.05) is 42.1 Å². The molecule has 1 aliphatic heterocycles. The van der Waals surface area contributed by atoms with E-state index >= 15 is 0 Å². The molecule has 104 valence electrons. The van der Waals surface area contributed by atoms with Gasteiger partial charge < -0.3 is 10.6 Å². The third kappa shape index (κ3) is 4.88. The number of hydrogen-bond donors (Lipinski definition) is 2. The normalized spacial score (nSPS) is 23.0. The lowest BCUT2D eigenvalue weighted by Crippen LogP contribution is -2.44. The van der Waals surface area contributed by atoms with Gasteiger partial charge in [-0.1, -0.05) is 37.3 Å². The lowest BCUT2D eigenvalue weighted by Gasteiger charge is -2.29. The highest BCUT2D eigenvalue weighted by Crippen LogP contribution is 2.24. The SMILES string of the molecule is CC1SCCCC1NCC(=O)NCc1ccccc1. The standard InChI is InChI=1S/C15H22N2OS/c1-12-14(8-5-9-19-12)16-11-15(18)17-10-13-6-3-2-4-7-13/h2-4,6-7,12,14,16H,5,8-11H2,1H3,(H,17,18). The van der Waals surface area contributed by atoms with Crippen molar-refractivity contribution in [2.45, 2.75) is 37.6 Å². The molecule has 1 saturated heterocycles. The molecule has 0 spiro atoms. The molecule has 0 saturated carbocycles. The molecule has 2 N–H and O–H groups in total. The van der Waals surface area contributed by atoms with E-state index in [0.29, 0.717) is 24.4 Å². The Bertz CT molecular complexity index is 396. The number of benzene rings is 1. The number of hydrogen-bond acceptors (Lipinski definition) is 3. The van der Waals surface area contributed by atoms with Crippen LogP contribution in [0.5, 0.6) is 0 Å². The van der Waals surface area contributed by atoms with E-state index in [1.165, 1.54) is 18.6 Å². The maximum absolute atomic E-state index is 11.8. The highest BCUT2D eigenvalue weighted by Gasteiger charge is 2.21. The zero-order valence-corrected chi connectivity index (χ0v) is 12.2. The minimum absolute atomic E-state index is 0.0756. The number of amides is 1. The van der Waals surface area contributed by atoms with Gasteiger partial charge in [0.05, 0.1) is 6.54 Å². The Morgan fingerprint density at radius 1 is 1.37 bits per heavy atom. The molecular formula is C15H22N2OS. The van der Waals surface area contributed by atoms with Gasteiger partial charge in [-0.3, -0.25) is 4.79 Å². The highest BCUT2D eigenvalue weighted by atomic mass is 32.2. The predicted molar refractivity (Wildman–Crippen MR) is 81.2 cm³/mol. The third-order valence-corrected chi connectivity index (χ3v) is 4.84. The van der Waals surface area contributed by atoms with Crippen molar-refractivity contribution < 1.29 is 4.79 Å². The lowest BCUT2D eigenvalue weighted by atomic mass is 10.1. The summed E-state index contributed by atoms with van der Waals surface area (Å²) >= 11 is 1.99.